The second-order valence-corrected chi connectivity index (χ2v) is 8.75. The molecule has 0 fully saturated rings. The van der Waals surface area contributed by atoms with E-state index in [4.69, 9.17) is 4.98 Å². The molecule has 1 aliphatic rings. The number of pyridine rings is 1. The van der Waals surface area contributed by atoms with Crippen molar-refractivity contribution >= 4 is 34.1 Å². The van der Waals surface area contributed by atoms with Gasteiger partial charge in [-0.05, 0) is 49.1 Å². The van der Waals surface area contributed by atoms with Crippen LogP contribution in [0.15, 0.2) is 59.8 Å². The molecule has 0 radical (unpaired) electrons. The van der Waals surface area contributed by atoms with E-state index in [1.807, 2.05) is 30.3 Å². The van der Waals surface area contributed by atoms with Crippen molar-refractivity contribution in [2.75, 3.05) is 10.7 Å². The van der Waals surface area contributed by atoms with Crippen molar-refractivity contribution in [1.29, 1.82) is 0 Å². The summed E-state index contributed by atoms with van der Waals surface area (Å²) >= 11 is 2.89. The lowest BCUT2D eigenvalue weighted by Crippen LogP contribution is -2.33. The zero-order chi connectivity index (χ0) is 19.3. The largest absolute Gasteiger partial charge is 0.618 e. The Kier molecular flexibility index (Phi) is 5.92. The van der Waals surface area contributed by atoms with Crippen molar-refractivity contribution in [3.8, 4) is 0 Å². The molecule has 4 rings (SSSR count). The summed E-state index contributed by atoms with van der Waals surface area (Å²) in [5.74, 6) is 0.160. The average molecular weight is 412 g/mol. The number of aromatic nitrogens is 2. The molecule has 0 saturated heterocycles. The fourth-order valence-electron chi connectivity index (χ4n) is 3.22. The molecule has 2 heterocycles. The predicted octanol–water partition coefficient (Wildman–Crippen LogP) is 3.98. The van der Waals surface area contributed by atoms with E-state index in [1.54, 1.807) is 34.4 Å². The molecule has 0 spiro atoms. The highest BCUT2D eigenvalue weighted by atomic mass is 32.2. The van der Waals surface area contributed by atoms with Crippen LogP contribution in [0.1, 0.15) is 29.0 Å². The Bertz CT molecular complexity index is 936. The zero-order valence-electron chi connectivity index (χ0n) is 15.4. The van der Waals surface area contributed by atoms with Crippen LogP contribution < -0.4 is 9.63 Å². The van der Waals surface area contributed by atoms with Crippen LogP contribution >= 0.6 is 23.1 Å². The van der Waals surface area contributed by atoms with Crippen LogP contribution in [-0.4, -0.2) is 16.6 Å². The highest BCUT2D eigenvalue weighted by Crippen LogP contribution is 2.33. The van der Waals surface area contributed by atoms with Gasteiger partial charge in [0.1, 0.15) is 0 Å². The molecular formula is C21H21N3O2S2. The minimum Gasteiger partial charge on any atom is -0.618 e. The van der Waals surface area contributed by atoms with Crippen LogP contribution in [-0.2, 0) is 24.2 Å². The van der Waals surface area contributed by atoms with Gasteiger partial charge in [0.25, 0.3) is 5.03 Å². The summed E-state index contributed by atoms with van der Waals surface area (Å²) < 4.78 is 0.793. The molecule has 0 saturated carbocycles. The monoisotopic (exact) mass is 411 g/mol. The Morgan fingerprint density at radius 1 is 1.14 bits per heavy atom. The number of nitrogens with zero attached hydrogens (tertiary/aromatic N) is 3. The smallest absolute Gasteiger partial charge is 0.251 e. The van der Waals surface area contributed by atoms with Gasteiger partial charge in [-0.25, -0.2) is 4.98 Å². The van der Waals surface area contributed by atoms with Gasteiger partial charge in [0.2, 0.25) is 5.91 Å². The maximum atomic E-state index is 13.1. The van der Waals surface area contributed by atoms with E-state index in [-0.39, 0.29) is 11.7 Å². The first-order valence-electron chi connectivity index (χ1n) is 9.34. The molecule has 1 aliphatic carbocycles. The normalized spacial score (nSPS) is 13.1. The topological polar surface area (TPSA) is 60.1 Å². The average Bonchev–Trinajstić information content (AvgIpc) is 3.16. The molecule has 144 valence electrons. The minimum absolute atomic E-state index is 0.0381. The minimum atomic E-state index is -0.0381. The Labute approximate surface area is 172 Å². The number of fused-ring (bicyclic) bond motifs is 1. The predicted molar refractivity (Wildman–Crippen MR) is 113 cm³/mol. The summed E-state index contributed by atoms with van der Waals surface area (Å²) in [7, 11) is 0. The first kappa shape index (κ1) is 19.0. The Hall–Kier alpha value is -2.38. The molecule has 28 heavy (non-hydrogen) atoms. The molecule has 0 bridgehead atoms. The van der Waals surface area contributed by atoms with Gasteiger partial charge in [0, 0.05) is 17.0 Å². The van der Waals surface area contributed by atoms with Crippen LogP contribution in [0.4, 0.5) is 5.13 Å². The van der Waals surface area contributed by atoms with Crippen LogP contribution in [0, 0.1) is 5.21 Å². The highest BCUT2D eigenvalue weighted by molar-refractivity contribution is 7.99. The number of amides is 1. The number of carbonyl (C=O) groups excluding carboxylic acids is 1. The van der Waals surface area contributed by atoms with E-state index in [1.165, 1.54) is 29.3 Å². The maximum Gasteiger partial charge on any atom is 0.251 e. The van der Waals surface area contributed by atoms with Gasteiger partial charge >= 0.3 is 0 Å². The van der Waals surface area contributed by atoms with Crippen LogP contribution in [0.3, 0.4) is 0 Å². The number of carbonyl (C=O) groups is 1. The summed E-state index contributed by atoms with van der Waals surface area (Å²) in [5.41, 5.74) is 2.21. The van der Waals surface area contributed by atoms with Crippen molar-refractivity contribution in [3.63, 3.8) is 0 Å². The number of hydrogen-bond donors (Lipinski definition) is 0. The Morgan fingerprint density at radius 3 is 2.71 bits per heavy atom. The second-order valence-electron chi connectivity index (χ2n) is 6.69. The molecule has 1 amide bonds. The van der Waals surface area contributed by atoms with Gasteiger partial charge < -0.3 is 5.21 Å². The van der Waals surface area contributed by atoms with Crippen molar-refractivity contribution in [2.24, 2.45) is 0 Å². The lowest BCUT2D eigenvalue weighted by molar-refractivity contribution is -0.645. The number of thiazole rings is 1. The molecule has 3 aromatic rings. The van der Waals surface area contributed by atoms with Crippen molar-refractivity contribution in [2.45, 2.75) is 37.3 Å². The van der Waals surface area contributed by atoms with E-state index in [9.17, 15) is 10.0 Å². The number of aryl methyl sites for hydroxylation is 2. The first-order chi connectivity index (χ1) is 13.7. The number of hydrogen-bond acceptors (Lipinski definition) is 5. The molecule has 0 unspecified atom stereocenters. The SMILES string of the molecule is O=C(CSc1cccc[n+]1[O-])N(Cc1ccccc1)c1nc2c(s1)CCCC2. The highest BCUT2D eigenvalue weighted by Gasteiger charge is 2.24. The van der Waals surface area contributed by atoms with E-state index in [2.05, 4.69) is 0 Å². The van der Waals surface area contributed by atoms with Crippen molar-refractivity contribution in [3.05, 3.63) is 76.1 Å². The molecule has 2 aromatic heterocycles. The van der Waals surface area contributed by atoms with Gasteiger partial charge in [0.05, 0.1) is 18.0 Å². The lowest BCUT2D eigenvalue weighted by Gasteiger charge is -2.20. The summed E-state index contributed by atoms with van der Waals surface area (Å²) in [6, 6.07) is 15.2. The maximum absolute atomic E-state index is 13.1. The molecule has 0 N–H and O–H groups in total. The molecule has 0 atom stereocenters. The van der Waals surface area contributed by atoms with Gasteiger partial charge in [0.15, 0.2) is 11.3 Å². The second kappa shape index (κ2) is 8.75. The van der Waals surface area contributed by atoms with Gasteiger partial charge in [-0.1, -0.05) is 30.3 Å². The zero-order valence-corrected chi connectivity index (χ0v) is 17.0. The van der Waals surface area contributed by atoms with Crippen LogP contribution in [0.25, 0.3) is 0 Å². The molecule has 7 heteroatoms. The third kappa shape index (κ3) is 4.36. The van der Waals surface area contributed by atoms with Gasteiger partial charge in [-0.2, -0.15) is 4.73 Å². The van der Waals surface area contributed by atoms with Crippen LogP contribution in [0.2, 0.25) is 0 Å². The summed E-state index contributed by atoms with van der Waals surface area (Å²) in [6.45, 7) is 0.485. The number of anilines is 1. The fraction of sp³-hybridized carbons (Fsp3) is 0.286. The summed E-state index contributed by atoms with van der Waals surface area (Å²) in [5, 5.41) is 13.1. The number of rotatable bonds is 6. The Balaban J connectivity index is 1.56. The first-order valence-corrected chi connectivity index (χ1v) is 11.1. The number of thioether (sulfide) groups is 1. The molecule has 5 nitrogen and oxygen atoms in total. The molecule has 1 aromatic carbocycles. The molecular weight excluding hydrogens is 390 g/mol. The van der Waals surface area contributed by atoms with E-state index < -0.39 is 0 Å². The third-order valence-electron chi connectivity index (χ3n) is 4.68. The quantitative estimate of drug-likeness (QED) is 0.350. The third-order valence-corrected chi connectivity index (χ3v) is 6.87. The fourth-order valence-corrected chi connectivity index (χ4v) is 5.18. The van der Waals surface area contributed by atoms with E-state index >= 15 is 0 Å². The molecule has 0 aliphatic heterocycles. The van der Waals surface area contributed by atoms with E-state index in [0.29, 0.717) is 11.6 Å². The lowest BCUT2D eigenvalue weighted by atomic mass is 10.0. The Morgan fingerprint density at radius 2 is 1.93 bits per heavy atom. The standard InChI is InChI=1S/C21H21N3O2S2/c25-19(15-27-20-12-6-7-13-24(20)26)23(14-16-8-2-1-3-9-16)21-22-17-10-4-5-11-18(17)28-21/h1-3,6-9,12-13H,4-5,10-11,14-15H2. The summed E-state index contributed by atoms with van der Waals surface area (Å²) in [6.07, 6.45) is 5.84. The number of benzene rings is 1. The van der Waals surface area contributed by atoms with Gasteiger partial charge in [-0.3, -0.25) is 9.69 Å². The summed E-state index contributed by atoms with van der Waals surface area (Å²) in [4.78, 5) is 21.0. The van der Waals surface area contributed by atoms with Gasteiger partial charge in [-0.15, -0.1) is 11.3 Å². The van der Waals surface area contributed by atoms with Crippen molar-refractivity contribution in [1.82, 2.24) is 4.98 Å². The van der Waals surface area contributed by atoms with E-state index in [0.717, 1.165) is 40.4 Å². The van der Waals surface area contributed by atoms with Crippen LogP contribution in [0.5, 0.6) is 0 Å². The van der Waals surface area contributed by atoms with Crippen molar-refractivity contribution < 1.29 is 9.52 Å².